The van der Waals surface area contributed by atoms with Crippen molar-refractivity contribution >= 4 is 19.8 Å². The molecule has 0 N–H and O–H groups in total. The van der Waals surface area contributed by atoms with Gasteiger partial charge in [-0.05, 0) is 77.0 Å². The summed E-state index contributed by atoms with van der Waals surface area (Å²) in [4.78, 5) is 38.1. The molecule has 0 amide bonds. The molecule has 10 heteroatoms. The van der Waals surface area contributed by atoms with Crippen LogP contribution in [0.4, 0.5) is 0 Å². The molecule has 0 aromatic rings. The molecular weight excluding hydrogens is 1150 g/mol. The number of nitrogens with zero attached hydrogens (tertiary/aromatic N) is 1. The Bertz CT molecular complexity index is 1860. The van der Waals surface area contributed by atoms with E-state index in [0.717, 1.165) is 96.3 Å². The van der Waals surface area contributed by atoms with Gasteiger partial charge in [0.15, 0.2) is 6.10 Å². The summed E-state index contributed by atoms with van der Waals surface area (Å²) in [5.74, 6) is -0.833. The van der Waals surface area contributed by atoms with Crippen molar-refractivity contribution in [3.05, 3.63) is 97.2 Å². The Morgan fingerprint density at radius 1 is 0.352 bits per heavy atom. The van der Waals surface area contributed by atoms with E-state index < -0.39 is 26.5 Å². The predicted octanol–water partition coefficient (Wildman–Crippen LogP) is 24.8. The van der Waals surface area contributed by atoms with Gasteiger partial charge in [0.1, 0.15) is 19.8 Å². The largest absolute Gasteiger partial charge is 0.756 e. The van der Waals surface area contributed by atoms with Crippen LogP contribution < -0.4 is 4.89 Å². The Balaban J connectivity index is 4.01. The van der Waals surface area contributed by atoms with Gasteiger partial charge in [0, 0.05) is 12.8 Å². The second-order valence-electron chi connectivity index (χ2n) is 27.0. The van der Waals surface area contributed by atoms with Crippen LogP contribution in [0.5, 0.6) is 0 Å². The van der Waals surface area contributed by atoms with E-state index in [2.05, 4.69) is 111 Å². The summed E-state index contributed by atoms with van der Waals surface area (Å²) in [7, 11) is 1.16. The molecule has 0 heterocycles. The van der Waals surface area contributed by atoms with Crippen molar-refractivity contribution in [3.63, 3.8) is 0 Å². The summed E-state index contributed by atoms with van der Waals surface area (Å²) in [5, 5.41) is 0. The Labute approximate surface area is 564 Å². The zero-order valence-corrected chi connectivity index (χ0v) is 61.2. The smallest absolute Gasteiger partial charge is 0.306 e. The van der Waals surface area contributed by atoms with Crippen LogP contribution in [0.25, 0.3) is 0 Å². The lowest BCUT2D eigenvalue weighted by atomic mass is 10.0. The number of hydrogen-bond acceptors (Lipinski definition) is 8. The molecule has 9 nitrogen and oxygen atoms in total. The van der Waals surface area contributed by atoms with Crippen LogP contribution in [0, 0.1) is 0 Å². The summed E-state index contributed by atoms with van der Waals surface area (Å²) >= 11 is 0. The lowest BCUT2D eigenvalue weighted by Gasteiger charge is -2.28. The molecule has 0 aliphatic rings. The monoisotopic (exact) mass is 1290 g/mol. The highest BCUT2D eigenvalue weighted by molar-refractivity contribution is 7.45. The molecule has 0 aliphatic carbocycles. The minimum atomic E-state index is -4.65. The highest BCUT2D eigenvalue weighted by Gasteiger charge is 2.22. The van der Waals surface area contributed by atoms with Crippen molar-refractivity contribution in [2.45, 2.75) is 360 Å². The van der Waals surface area contributed by atoms with Crippen molar-refractivity contribution in [2.75, 3.05) is 47.5 Å². The zero-order valence-electron chi connectivity index (χ0n) is 60.3. The van der Waals surface area contributed by atoms with Crippen LogP contribution in [0.1, 0.15) is 354 Å². The van der Waals surface area contributed by atoms with Crippen molar-refractivity contribution in [2.24, 2.45) is 0 Å². The van der Waals surface area contributed by atoms with Crippen LogP contribution in [-0.4, -0.2) is 70.0 Å². The van der Waals surface area contributed by atoms with Gasteiger partial charge < -0.3 is 27.9 Å². The van der Waals surface area contributed by atoms with Gasteiger partial charge in [-0.2, -0.15) is 0 Å². The van der Waals surface area contributed by atoms with E-state index in [0.29, 0.717) is 17.4 Å². The Morgan fingerprint density at radius 2 is 0.626 bits per heavy atom. The maximum Gasteiger partial charge on any atom is 0.306 e. The van der Waals surface area contributed by atoms with Gasteiger partial charge in [0.2, 0.25) is 0 Å². The highest BCUT2D eigenvalue weighted by Crippen LogP contribution is 2.38. The van der Waals surface area contributed by atoms with Gasteiger partial charge in [-0.15, -0.1) is 0 Å². The summed E-state index contributed by atoms with van der Waals surface area (Å²) in [6.07, 6.45) is 99.5. The van der Waals surface area contributed by atoms with Gasteiger partial charge in [-0.25, -0.2) is 0 Å². The first kappa shape index (κ1) is 87.9. The van der Waals surface area contributed by atoms with Crippen LogP contribution in [0.3, 0.4) is 0 Å². The number of phosphoric ester groups is 1. The standard InChI is InChI=1S/C81H146NO8P/c1-6-8-10-12-14-16-18-20-22-24-26-28-30-32-34-36-38-40-42-43-45-47-49-51-53-55-57-59-61-63-65-67-69-71-73-80(83)87-77-79(78-89-91(85,86)88-76-75-82(3,4)5)90-81(84)74-72-70-68-66-64-62-60-58-56-54-52-50-48-46-44-41-39-37-35-33-31-29-27-25-23-21-19-17-15-13-11-9-7-2/h9,11,15,17,21,23,27,29,33,35,39,41,46,48,52,54,79H,6-8,10,12-14,16,18-20,22,24-26,28,30-32,34,36-38,40,42-45,47,49-51,53,55-78H2,1-5H3/b11-9-,17-15-,23-21-,29-27-,35-33-,41-39-,48-46-,54-52-. The number of rotatable bonds is 71. The third-order valence-corrected chi connectivity index (χ3v) is 17.8. The van der Waals surface area contributed by atoms with Crippen LogP contribution >= 0.6 is 7.82 Å². The van der Waals surface area contributed by atoms with E-state index in [9.17, 15) is 19.0 Å². The molecule has 0 saturated heterocycles. The number of esters is 2. The Morgan fingerprint density at radius 3 is 0.934 bits per heavy atom. The SMILES string of the molecule is CC/C=C\C/C=C\C/C=C\C/C=C\C/C=C\C/C=C\C/C=C\C/C=C\CCCCCCCCCCC(=O)OC(COC(=O)CCCCCCCCCCCCCCCCCCCCCCCCCCCCCCCCCCCC)COP(=O)([O-])OCC[N+](C)(C)C. The minimum Gasteiger partial charge on any atom is -0.756 e. The molecule has 0 aromatic heterocycles. The fourth-order valence-corrected chi connectivity index (χ4v) is 11.8. The van der Waals surface area contributed by atoms with Gasteiger partial charge in [-0.3, -0.25) is 14.2 Å². The molecule has 0 radical (unpaired) electrons. The summed E-state index contributed by atoms with van der Waals surface area (Å²) in [5.41, 5.74) is 0. The third-order valence-electron chi connectivity index (χ3n) is 16.9. The predicted molar refractivity (Wildman–Crippen MR) is 392 cm³/mol. The van der Waals surface area contributed by atoms with Crippen molar-refractivity contribution in [3.8, 4) is 0 Å². The highest BCUT2D eigenvalue weighted by atomic mass is 31.2. The Kier molecular flexibility index (Phi) is 68.8. The number of carbonyl (C=O) groups is 2. The molecule has 0 fully saturated rings. The van der Waals surface area contributed by atoms with E-state index in [1.165, 1.54) is 225 Å². The number of likely N-dealkylation sites (N-methyl/N-ethyl adjacent to an activating group) is 1. The number of hydrogen-bond donors (Lipinski definition) is 0. The van der Waals surface area contributed by atoms with Crippen LogP contribution in [0.2, 0.25) is 0 Å². The molecule has 528 valence electrons. The number of unbranched alkanes of at least 4 members (excludes halogenated alkanes) is 41. The summed E-state index contributed by atoms with van der Waals surface area (Å²) < 4.78 is 34.4. The normalized spacial score (nSPS) is 13.6. The summed E-state index contributed by atoms with van der Waals surface area (Å²) in [6, 6.07) is 0. The number of allylic oxidation sites excluding steroid dienone is 16. The first-order chi connectivity index (χ1) is 44.5. The maximum absolute atomic E-state index is 12.9. The molecule has 0 spiro atoms. The zero-order chi connectivity index (χ0) is 66.2. The Hall–Kier alpha value is -3.07. The number of ether oxygens (including phenoxy) is 2. The van der Waals surface area contributed by atoms with Gasteiger partial charge in [0.05, 0.1) is 27.7 Å². The molecule has 0 rings (SSSR count). The average molecular weight is 1290 g/mol. The van der Waals surface area contributed by atoms with E-state index in [1.807, 2.05) is 21.1 Å². The molecule has 0 aliphatic heterocycles. The molecule has 0 aromatic carbocycles. The molecule has 2 atom stereocenters. The van der Waals surface area contributed by atoms with Crippen LogP contribution in [-0.2, 0) is 32.7 Å². The second kappa shape index (κ2) is 71.2. The van der Waals surface area contributed by atoms with E-state index in [4.69, 9.17) is 18.5 Å². The number of phosphoric acid groups is 1. The van der Waals surface area contributed by atoms with E-state index in [1.54, 1.807) is 0 Å². The fraction of sp³-hybridized carbons (Fsp3) is 0.778. The molecule has 0 bridgehead atoms. The van der Waals surface area contributed by atoms with Gasteiger partial charge >= 0.3 is 11.9 Å². The quantitative estimate of drug-likeness (QED) is 0.0195. The lowest BCUT2D eigenvalue weighted by molar-refractivity contribution is -0.870. The number of carbonyl (C=O) groups excluding carboxylic acids is 2. The van der Waals surface area contributed by atoms with Crippen molar-refractivity contribution < 1.29 is 42.1 Å². The van der Waals surface area contributed by atoms with Crippen molar-refractivity contribution in [1.82, 2.24) is 0 Å². The van der Waals surface area contributed by atoms with Crippen molar-refractivity contribution in [1.29, 1.82) is 0 Å². The van der Waals surface area contributed by atoms with Crippen LogP contribution in [0.15, 0.2) is 97.2 Å². The maximum atomic E-state index is 12.9. The first-order valence-electron chi connectivity index (χ1n) is 38.4. The lowest BCUT2D eigenvalue weighted by Crippen LogP contribution is -2.37. The number of quaternary nitrogens is 1. The third kappa shape index (κ3) is 75.8. The topological polar surface area (TPSA) is 111 Å². The molecular formula is C81H146NO8P. The second-order valence-corrected chi connectivity index (χ2v) is 28.4. The molecule has 91 heavy (non-hydrogen) atoms. The first-order valence-corrected chi connectivity index (χ1v) is 39.9. The van der Waals surface area contributed by atoms with E-state index >= 15 is 0 Å². The minimum absolute atomic E-state index is 0.0352. The van der Waals surface area contributed by atoms with Gasteiger partial charge in [0.25, 0.3) is 7.82 Å². The fourth-order valence-electron chi connectivity index (χ4n) is 11.0. The molecule has 2 unspecified atom stereocenters. The van der Waals surface area contributed by atoms with Gasteiger partial charge in [-0.1, -0.05) is 361 Å². The summed E-state index contributed by atoms with van der Waals surface area (Å²) in [6.45, 7) is 4.16. The van der Waals surface area contributed by atoms with E-state index in [-0.39, 0.29) is 32.0 Å². The average Bonchev–Trinajstić information content (AvgIpc) is 3.62. The molecule has 0 saturated carbocycles.